The van der Waals surface area contributed by atoms with Gasteiger partial charge in [-0.15, -0.1) is 0 Å². The summed E-state index contributed by atoms with van der Waals surface area (Å²) < 4.78 is 5.11. The highest BCUT2D eigenvalue weighted by Crippen LogP contribution is 2.38. The maximum Gasteiger partial charge on any atom is 0.253 e. The zero-order chi connectivity index (χ0) is 22.5. The number of methoxy groups -OCH3 is 1. The monoisotopic (exact) mass is 436 g/mol. The zero-order valence-corrected chi connectivity index (χ0v) is 18.2. The fourth-order valence-corrected chi connectivity index (χ4v) is 4.29. The Labute approximate surface area is 187 Å². The van der Waals surface area contributed by atoms with Gasteiger partial charge in [-0.3, -0.25) is 14.4 Å². The average molecular weight is 437 g/mol. The van der Waals surface area contributed by atoms with Crippen LogP contribution in [0, 0.1) is 0 Å². The van der Waals surface area contributed by atoms with Crippen LogP contribution in [0.3, 0.4) is 0 Å². The minimum Gasteiger partial charge on any atom is -0.375 e. The molecule has 1 unspecified atom stereocenters. The van der Waals surface area contributed by atoms with E-state index in [4.69, 9.17) is 4.74 Å². The van der Waals surface area contributed by atoms with E-state index in [1.54, 1.807) is 23.1 Å². The minimum atomic E-state index is -0.474. The van der Waals surface area contributed by atoms with Crippen LogP contribution in [0.5, 0.6) is 0 Å². The van der Waals surface area contributed by atoms with E-state index in [9.17, 15) is 14.4 Å². The van der Waals surface area contributed by atoms with Crippen LogP contribution in [0.4, 0.5) is 11.4 Å². The summed E-state index contributed by atoms with van der Waals surface area (Å²) in [5.74, 6) is -0.544. The van der Waals surface area contributed by atoms with E-state index in [2.05, 4.69) is 10.6 Å². The molecule has 0 bridgehead atoms. The van der Waals surface area contributed by atoms with Gasteiger partial charge in [0.15, 0.2) is 0 Å². The van der Waals surface area contributed by atoms with E-state index in [1.165, 1.54) is 7.11 Å². The first-order chi connectivity index (χ1) is 15.6. The van der Waals surface area contributed by atoms with Gasteiger partial charge in [-0.25, -0.2) is 0 Å². The summed E-state index contributed by atoms with van der Waals surface area (Å²) >= 11 is 0. The van der Waals surface area contributed by atoms with Gasteiger partial charge < -0.3 is 25.2 Å². The van der Waals surface area contributed by atoms with Crippen LogP contribution in [0.2, 0.25) is 0 Å². The van der Waals surface area contributed by atoms with E-state index in [0.717, 1.165) is 25.1 Å². The van der Waals surface area contributed by atoms with Crippen molar-refractivity contribution in [2.75, 3.05) is 50.1 Å². The number of rotatable bonds is 4. The lowest BCUT2D eigenvalue weighted by Gasteiger charge is -2.31. The highest BCUT2D eigenvalue weighted by atomic mass is 16.5. The molecule has 4 rings (SSSR count). The standard InChI is InChI=1S/C24H28N4O4/c1-32-16-23(30)28-20-9-8-18(24(31)27-12-5-10-25-11-13-27)14-19(20)26-22(29)15-21(28)17-6-3-2-4-7-17/h2-4,6-9,14,21,25H,5,10-13,15-16H2,1H3,(H,26,29). The molecular formula is C24H28N4O4. The number of ether oxygens (including phenoxy) is 1. The molecule has 8 heteroatoms. The van der Waals surface area contributed by atoms with Gasteiger partial charge in [-0.2, -0.15) is 0 Å². The Balaban J connectivity index is 1.73. The van der Waals surface area contributed by atoms with Crippen LogP contribution < -0.4 is 15.5 Å². The van der Waals surface area contributed by atoms with Crippen LogP contribution >= 0.6 is 0 Å². The van der Waals surface area contributed by atoms with E-state index < -0.39 is 6.04 Å². The third-order valence-electron chi connectivity index (χ3n) is 5.82. The van der Waals surface area contributed by atoms with Gasteiger partial charge >= 0.3 is 0 Å². The number of benzene rings is 2. The van der Waals surface area contributed by atoms with Crippen LogP contribution in [-0.4, -0.2) is 62.5 Å². The highest BCUT2D eigenvalue weighted by molar-refractivity contribution is 6.07. The Morgan fingerprint density at radius 1 is 1.09 bits per heavy atom. The Morgan fingerprint density at radius 2 is 1.91 bits per heavy atom. The lowest BCUT2D eigenvalue weighted by molar-refractivity contribution is -0.122. The highest BCUT2D eigenvalue weighted by Gasteiger charge is 2.34. The summed E-state index contributed by atoms with van der Waals surface area (Å²) in [4.78, 5) is 42.4. The minimum absolute atomic E-state index is 0.0793. The van der Waals surface area contributed by atoms with Crippen molar-refractivity contribution in [1.82, 2.24) is 10.2 Å². The van der Waals surface area contributed by atoms with Crippen molar-refractivity contribution in [1.29, 1.82) is 0 Å². The molecule has 2 heterocycles. The second-order valence-electron chi connectivity index (χ2n) is 8.00. The van der Waals surface area contributed by atoms with Gasteiger partial charge in [-0.05, 0) is 36.7 Å². The largest absolute Gasteiger partial charge is 0.375 e. The van der Waals surface area contributed by atoms with E-state index in [-0.39, 0.29) is 30.7 Å². The lowest BCUT2D eigenvalue weighted by atomic mass is 10.0. The van der Waals surface area contributed by atoms with Crippen molar-refractivity contribution in [3.63, 3.8) is 0 Å². The topological polar surface area (TPSA) is 91.0 Å². The fraction of sp³-hybridized carbons (Fsp3) is 0.375. The summed E-state index contributed by atoms with van der Waals surface area (Å²) in [6, 6.07) is 14.1. The molecule has 8 nitrogen and oxygen atoms in total. The predicted molar refractivity (Wildman–Crippen MR) is 122 cm³/mol. The quantitative estimate of drug-likeness (QED) is 0.767. The van der Waals surface area contributed by atoms with E-state index >= 15 is 0 Å². The molecular weight excluding hydrogens is 408 g/mol. The lowest BCUT2D eigenvalue weighted by Crippen LogP contribution is -2.37. The summed E-state index contributed by atoms with van der Waals surface area (Å²) in [6.07, 6.45) is 1.00. The van der Waals surface area contributed by atoms with Gasteiger partial charge in [0.25, 0.3) is 11.8 Å². The number of nitrogens with one attached hydrogen (secondary N) is 2. The molecule has 3 amide bonds. The molecule has 1 saturated heterocycles. The predicted octanol–water partition coefficient (Wildman–Crippen LogP) is 2.18. The third kappa shape index (κ3) is 4.66. The Bertz CT molecular complexity index is 987. The zero-order valence-electron chi connectivity index (χ0n) is 18.2. The maximum atomic E-state index is 13.1. The molecule has 32 heavy (non-hydrogen) atoms. The Morgan fingerprint density at radius 3 is 2.69 bits per heavy atom. The molecule has 168 valence electrons. The van der Waals surface area contributed by atoms with Crippen molar-refractivity contribution in [2.24, 2.45) is 0 Å². The van der Waals surface area contributed by atoms with Crippen LogP contribution in [0.25, 0.3) is 0 Å². The number of fused-ring (bicyclic) bond motifs is 1. The van der Waals surface area contributed by atoms with Gasteiger partial charge in [0.2, 0.25) is 5.91 Å². The summed E-state index contributed by atoms with van der Waals surface area (Å²) in [6.45, 7) is 2.85. The Kier molecular flexibility index (Phi) is 6.82. The molecule has 2 aromatic rings. The number of anilines is 2. The number of amides is 3. The number of hydrogen-bond acceptors (Lipinski definition) is 5. The number of carbonyl (C=O) groups excluding carboxylic acids is 3. The molecule has 2 N–H and O–H groups in total. The molecule has 0 spiro atoms. The first-order valence-corrected chi connectivity index (χ1v) is 10.9. The SMILES string of the molecule is COCC(=O)N1c2ccc(C(=O)N3CCCNCC3)cc2NC(=O)CC1c1ccccc1. The fourth-order valence-electron chi connectivity index (χ4n) is 4.29. The first-order valence-electron chi connectivity index (χ1n) is 10.9. The summed E-state index contributed by atoms with van der Waals surface area (Å²) in [5.41, 5.74) is 2.36. The van der Waals surface area contributed by atoms with Crippen molar-refractivity contribution in [2.45, 2.75) is 18.9 Å². The summed E-state index contributed by atoms with van der Waals surface area (Å²) in [7, 11) is 1.47. The number of hydrogen-bond donors (Lipinski definition) is 2. The van der Waals surface area contributed by atoms with Crippen molar-refractivity contribution >= 4 is 29.1 Å². The third-order valence-corrected chi connectivity index (χ3v) is 5.82. The van der Waals surface area contributed by atoms with Crippen LogP contribution in [0.1, 0.15) is 34.8 Å². The van der Waals surface area contributed by atoms with Crippen molar-refractivity contribution < 1.29 is 19.1 Å². The summed E-state index contributed by atoms with van der Waals surface area (Å²) in [5, 5.41) is 6.19. The maximum absolute atomic E-state index is 13.1. The van der Waals surface area contributed by atoms with Crippen LogP contribution in [-0.2, 0) is 14.3 Å². The van der Waals surface area contributed by atoms with Gasteiger partial charge in [0.1, 0.15) is 6.61 Å². The first kappa shape index (κ1) is 22.0. The average Bonchev–Trinajstić information content (AvgIpc) is 3.16. The second-order valence-corrected chi connectivity index (χ2v) is 8.00. The van der Waals surface area contributed by atoms with Gasteiger partial charge in [-0.1, -0.05) is 30.3 Å². The normalized spacial score (nSPS) is 18.9. The molecule has 2 aliphatic rings. The number of carbonyl (C=O) groups is 3. The van der Waals surface area contributed by atoms with Crippen molar-refractivity contribution in [3.05, 3.63) is 59.7 Å². The molecule has 2 aliphatic heterocycles. The molecule has 0 radical (unpaired) electrons. The van der Waals surface area contributed by atoms with Gasteiger partial charge in [0.05, 0.1) is 23.8 Å². The van der Waals surface area contributed by atoms with E-state index in [1.807, 2.05) is 35.2 Å². The molecule has 0 aromatic heterocycles. The smallest absolute Gasteiger partial charge is 0.253 e. The molecule has 0 saturated carbocycles. The van der Waals surface area contributed by atoms with Crippen LogP contribution in [0.15, 0.2) is 48.5 Å². The van der Waals surface area contributed by atoms with Crippen molar-refractivity contribution in [3.8, 4) is 0 Å². The molecule has 1 fully saturated rings. The van der Waals surface area contributed by atoms with Gasteiger partial charge in [0, 0.05) is 32.3 Å². The second kappa shape index (κ2) is 9.93. The van der Waals surface area contributed by atoms with E-state index in [0.29, 0.717) is 30.0 Å². The molecule has 0 aliphatic carbocycles. The molecule has 2 aromatic carbocycles. The Hall–Kier alpha value is -3.23. The molecule has 1 atom stereocenters. The number of nitrogens with zero attached hydrogens (tertiary/aromatic N) is 2.